The van der Waals surface area contributed by atoms with Gasteiger partial charge in [0.2, 0.25) is 0 Å². The third-order valence-electron chi connectivity index (χ3n) is 3.91. The minimum Gasteiger partial charge on any atom is -0.379 e. The Bertz CT molecular complexity index is 697. The van der Waals surface area contributed by atoms with Gasteiger partial charge < -0.3 is 4.74 Å². The number of benzene rings is 2. The first-order chi connectivity index (χ1) is 11.1. The van der Waals surface area contributed by atoms with Crippen molar-refractivity contribution in [2.75, 3.05) is 26.3 Å². The molecule has 0 bridgehead atoms. The number of halogens is 2. The first-order valence-electron chi connectivity index (χ1n) is 7.52. The molecule has 1 aliphatic heterocycles. The lowest BCUT2D eigenvalue weighted by molar-refractivity contribution is 0.0342. The summed E-state index contributed by atoms with van der Waals surface area (Å²) in [6.07, 6.45) is 0. The number of ketones is 1. The predicted molar refractivity (Wildman–Crippen MR) is 87.4 cm³/mol. The second kappa shape index (κ2) is 7.21. The molecule has 23 heavy (non-hydrogen) atoms. The fraction of sp³-hybridized carbons (Fsp3) is 0.278. The van der Waals surface area contributed by atoms with Gasteiger partial charge in [-0.25, -0.2) is 4.39 Å². The molecule has 3 rings (SSSR count). The van der Waals surface area contributed by atoms with Gasteiger partial charge in [-0.05, 0) is 23.8 Å². The molecule has 0 saturated carbocycles. The smallest absolute Gasteiger partial charge is 0.193 e. The van der Waals surface area contributed by atoms with Crippen LogP contribution in [0.3, 0.4) is 0 Å². The van der Waals surface area contributed by atoms with Crippen molar-refractivity contribution in [1.82, 2.24) is 4.90 Å². The van der Waals surface area contributed by atoms with Gasteiger partial charge in [-0.2, -0.15) is 0 Å². The lowest BCUT2D eigenvalue weighted by Crippen LogP contribution is -2.35. The number of hydrogen-bond donors (Lipinski definition) is 0. The fourth-order valence-corrected chi connectivity index (χ4v) is 2.70. The van der Waals surface area contributed by atoms with Gasteiger partial charge in [0.1, 0.15) is 5.82 Å². The van der Waals surface area contributed by atoms with Crippen LogP contribution >= 0.6 is 11.6 Å². The van der Waals surface area contributed by atoms with Crippen molar-refractivity contribution < 1.29 is 13.9 Å². The predicted octanol–water partition coefficient (Wildman–Crippen LogP) is 3.54. The van der Waals surface area contributed by atoms with Crippen LogP contribution in [0.1, 0.15) is 21.5 Å². The number of carbonyl (C=O) groups excluding carboxylic acids is 1. The van der Waals surface area contributed by atoms with E-state index in [9.17, 15) is 9.18 Å². The quantitative estimate of drug-likeness (QED) is 0.801. The number of ether oxygens (including phenoxy) is 1. The minimum absolute atomic E-state index is 0.0161. The SMILES string of the molecule is O=C(c1ccc(CN2CCOCC2)cc1)c1ccc(Cl)c(F)c1. The molecule has 0 amide bonds. The van der Waals surface area contributed by atoms with Gasteiger partial charge in [-0.1, -0.05) is 35.9 Å². The summed E-state index contributed by atoms with van der Waals surface area (Å²) in [6.45, 7) is 4.21. The van der Waals surface area contributed by atoms with Gasteiger partial charge in [-0.15, -0.1) is 0 Å². The number of morpholine rings is 1. The molecule has 0 atom stereocenters. The van der Waals surface area contributed by atoms with E-state index in [1.54, 1.807) is 12.1 Å². The molecule has 3 nitrogen and oxygen atoms in total. The molecule has 2 aromatic carbocycles. The highest BCUT2D eigenvalue weighted by atomic mass is 35.5. The number of rotatable bonds is 4. The van der Waals surface area contributed by atoms with Crippen LogP contribution in [-0.4, -0.2) is 37.0 Å². The number of carbonyl (C=O) groups is 1. The van der Waals surface area contributed by atoms with Crippen LogP contribution in [0.5, 0.6) is 0 Å². The van der Waals surface area contributed by atoms with Crippen molar-refractivity contribution in [3.63, 3.8) is 0 Å². The third-order valence-corrected chi connectivity index (χ3v) is 4.21. The van der Waals surface area contributed by atoms with Gasteiger partial charge >= 0.3 is 0 Å². The fourth-order valence-electron chi connectivity index (χ4n) is 2.58. The highest BCUT2D eigenvalue weighted by Crippen LogP contribution is 2.18. The Balaban J connectivity index is 1.70. The summed E-state index contributed by atoms with van der Waals surface area (Å²) in [5, 5.41) is 0.0161. The molecule has 2 aromatic rings. The van der Waals surface area contributed by atoms with E-state index in [2.05, 4.69) is 4.90 Å². The van der Waals surface area contributed by atoms with E-state index in [1.807, 2.05) is 12.1 Å². The molecule has 0 aromatic heterocycles. The zero-order chi connectivity index (χ0) is 16.2. The molecular formula is C18H17ClFNO2. The Hall–Kier alpha value is -1.75. The topological polar surface area (TPSA) is 29.5 Å². The van der Waals surface area contributed by atoms with Gasteiger partial charge in [0, 0.05) is 30.8 Å². The van der Waals surface area contributed by atoms with Crippen LogP contribution in [0.4, 0.5) is 4.39 Å². The zero-order valence-electron chi connectivity index (χ0n) is 12.6. The Morgan fingerprint density at radius 1 is 1.09 bits per heavy atom. The second-order valence-corrected chi connectivity index (χ2v) is 5.95. The zero-order valence-corrected chi connectivity index (χ0v) is 13.4. The van der Waals surface area contributed by atoms with E-state index < -0.39 is 5.82 Å². The van der Waals surface area contributed by atoms with Crippen LogP contribution in [0.25, 0.3) is 0 Å². The van der Waals surface area contributed by atoms with Crippen LogP contribution in [0, 0.1) is 5.82 Å². The van der Waals surface area contributed by atoms with Gasteiger partial charge in [0.15, 0.2) is 5.78 Å². The molecule has 120 valence electrons. The lowest BCUT2D eigenvalue weighted by Gasteiger charge is -2.26. The van der Waals surface area contributed by atoms with Crippen LogP contribution in [-0.2, 0) is 11.3 Å². The molecule has 1 fully saturated rings. The third kappa shape index (κ3) is 3.96. The summed E-state index contributed by atoms with van der Waals surface area (Å²) < 4.78 is 18.8. The van der Waals surface area contributed by atoms with Gasteiger partial charge in [0.05, 0.1) is 18.2 Å². The van der Waals surface area contributed by atoms with Crippen molar-refractivity contribution in [2.45, 2.75) is 6.54 Å². The molecule has 0 unspecified atom stereocenters. The molecule has 1 heterocycles. The molecule has 5 heteroatoms. The Kier molecular flexibility index (Phi) is 5.06. The standard InChI is InChI=1S/C18H17ClFNO2/c19-16-6-5-15(11-17(16)20)18(22)14-3-1-13(2-4-14)12-21-7-9-23-10-8-21/h1-6,11H,7-10,12H2. The first kappa shape index (κ1) is 16.1. The minimum atomic E-state index is -0.582. The summed E-state index contributed by atoms with van der Waals surface area (Å²) in [4.78, 5) is 14.7. The van der Waals surface area contributed by atoms with Crippen molar-refractivity contribution >= 4 is 17.4 Å². The summed E-state index contributed by atoms with van der Waals surface area (Å²) in [7, 11) is 0. The molecule has 1 aliphatic rings. The van der Waals surface area contributed by atoms with Crippen molar-refractivity contribution in [2.24, 2.45) is 0 Å². The first-order valence-corrected chi connectivity index (χ1v) is 7.90. The van der Waals surface area contributed by atoms with Crippen LogP contribution < -0.4 is 0 Å². The maximum absolute atomic E-state index is 13.5. The van der Waals surface area contributed by atoms with Crippen molar-refractivity contribution in [3.8, 4) is 0 Å². The van der Waals surface area contributed by atoms with Crippen LogP contribution in [0.15, 0.2) is 42.5 Å². The Morgan fingerprint density at radius 2 is 1.74 bits per heavy atom. The molecule has 0 spiro atoms. The van der Waals surface area contributed by atoms with Gasteiger partial charge in [0.25, 0.3) is 0 Å². The molecule has 0 radical (unpaired) electrons. The van der Waals surface area contributed by atoms with Crippen molar-refractivity contribution in [3.05, 3.63) is 70.0 Å². The molecule has 1 saturated heterocycles. The normalized spacial score (nSPS) is 15.6. The second-order valence-electron chi connectivity index (χ2n) is 5.54. The highest BCUT2D eigenvalue weighted by molar-refractivity contribution is 6.30. The number of hydrogen-bond acceptors (Lipinski definition) is 3. The summed E-state index contributed by atoms with van der Waals surface area (Å²) in [5.41, 5.74) is 1.98. The van der Waals surface area contributed by atoms with E-state index in [1.165, 1.54) is 18.2 Å². The van der Waals surface area contributed by atoms with E-state index in [-0.39, 0.29) is 10.8 Å². The maximum atomic E-state index is 13.5. The molecule has 0 N–H and O–H groups in total. The van der Waals surface area contributed by atoms with E-state index in [0.29, 0.717) is 11.1 Å². The van der Waals surface area contributed by atoms with Crippen molar-refractivity contribution in [1.29, 1.82) is 0 Å². The van der Waals surface area contributed by atoms with E-state index >= 15 is 0 Å². The Labute approximate surface area is 139 Å². The average Bonchev–Trinajstić information content (AvgIpc) is 2.58. The maximum Gasteiger partial charge on any atom is 0.193 e. The summed E-state index contributed by atoms with van der Waals surface area (Å²) >= 11 is 5.64. The van der Waals surface area contributed by atoms with E-state index in [0.717, 1.165) is 38.4 Å². The number of nitrogens with zero attached hydrogens (tertiary/aromatic N) is 1. The average molecular weight is 334 g/mol. The Morgan fingerprint density at radius 3 is 2.39 bits per heavy atom. The largest absolute Gasteiger partial charge is 0.379 e. The highest BCUT2D eigenvalue weighted by Gasteiger charge is 2.13. The van der Waals surface area contributed by atoms with Crippen LogP contribution in [0.2, 0.25) is 5.02 Å². The van der Waals surface area contributed by atoms with Gasteiger partial charge in [-0.3, -0.25) is 9.69 Å². The monoisotopic (exact) mass is 333 g/mol. The van der Waals surface area contributed by atoms with E-state index in [4.69, 9.17) is 16.3 Å². The molecule has 0 aliphatic carbocycles. The molecular weight excluding hydrogens is 317 g/mol. The summed E-state index contributed by atoms with van der Waals surface area (Å²) in [6, 6.07) is 11.6. The summed E-state index contributed by atoms with van der Waals surface area (Å²) in [5.74, 6) is -0.792. The lowest BCUT2D eigenvalue weighted by atomic mass is 10.0.